The Kier molecular flexibility index (Phi) is 9.17. The van der Waals surface area contributed by atoms with Crippen LogP contribution in [0.2, 0.25) is 0 Å². The standard InChI is InChI=1S/C46H49N3O/c1-44(2,3)33-24-25-47-41(30-33)40-22-15-23-42(48-40)49(37-28-34(45(4,5)6)27-35(29-37)46(7,8)9)36-19-13-18-32(26-36)39-21-14-20-38(43(39)50)31-16-11-10-12-17-31/h10-30,50H,1-9H3. The Balaban J connectivity index is 1.56. The molecule has 4 heteroatoms. The van der Waals surface area contributed by atoms with Crippen LogP contribution in [0.5, 0.6) is 5.75 Å². The summed E-state index contributed by atoms with van der Waals surface area (Å²) in [5, 5.41) is 11.6. The lowest BCUT2D eigenvalue weighted by Gasteiger charge is -2.31. The Morgan fingerprint density at radius 2 is 1.06 bits per heavy atom. The molecule has 4 nitrogen and oxygen atoms in total. The van der Waals surface area contributed by atoms with Crippen LogP contribution in [-0.4, -0.2) is 15.1 Å². The van der Waals surface area contributed by atoms with E-state index in [-0.39, 0.29) is 22.0 Å². The average molecular weight is 660 g/mol. The highest BCUT2D eigenvalue weighted by Gasteiger charge is 2.25. The van der Waals surface area contributed by atoms with Gasteiger partial charge in [-0.3, -0.25) is 9.88 Å². The smallest absolute Gasteiger partial charge is 0.138 e. The molecule has 6 aromatic rings. The van der Waals surface area contributed by atoms with Gasteiger partial charge in [-0.05, 0) is 92.6 Å². The zero-order chi connectivity index (χ0) is 35.8. The van der Waals surface area contributed by atoms with Crippen LogP contribution in [0, 0.1) is 0 Å². The molecule has 6 rings (SSSR count). The number of anilines is 3. The fourth-order valence-electron chi connectivity index (χ4n) is 6.19. The van der Waals surface area contributed by atoms with Crippen molar-refractivity contribution in [2.75, 3.05) is 4.90 Å². The van der Waals surface area contributed by atoms with Gasteiger partial charge in [-0.25, -0.2) is 4.98 Å². The molecule has 0 aliphatic heterocycles. The van der Waals surface area contributed by atoms with E-state index in [1.54, 1.807) is 0 Å². The number of aromatic nitrogens is 2. The van der Waals surface area contributed by atoms with Crippen LogP contribution in [-0.2, 0) is 16.2 Å². The molecule has 2 aromatic heterocycles. The van der Waals surface area contributed by atoms with Gasteiger partial charge in [0.2, 0.25) is 0 Å². The van der Waals surface area contributed by atoms with E-state index in [0.717, 1.165) is 50.8 Å². The Morgan fingerprint density at radius 1 is 0.480 bits per heavy atom. The number of phenolic OH excluding ortho intramolecular Hbond substituents is 1. The number of hydrogen-bond donors (Lipinski definition) is 1. The van der Waals surface area contributed by atoms with Gasteiger partial charge in [0, 0.05) is 28.7 Å². The fourth-order valence-corrected chi connectivity index (χ4v) is 6.19. The molecule has 0 fully saturated rings. The number of nitrogens with zero attached hydrogens (tertiary/aromatic N) is 3. The maximum atomic E-state index is 11.6. The summed E-state index contributed by atoms with van der Waals surface area (Å²) in [6.07, 6.45) is 1.88. The van der Waals surface area contributed by atoms with Crippen LogP contribution >= 0.6 is 0 Å². The van der Waals surface area contributed by atoms with Crippen molar-refractivity contribution in [3.8, 4) is 39.4 Å². The SMILES string of the molecule is CC(C)(C)c1cc(N(c2cccc(-c3cccc(-c4ccccc4)c3O)c2)c2cccc(-c3cc(C(C)(C)C)ccn3)n2)cc(C(C)(C)C)c1. The van der Waals surface area contributed by atoms with Crippen LogP contribution < -0.4 is 4.90 Å². The van der Waals surface area contributed by atoms with Crippen molar-refractivity contribution in [2.24, 2.45) is 0 Å². The topological polar surface area (TPSA) is 49.2 Å². The van der Waals surface area contributed by atoms with Crippen molar-refractivity contribution >= 4 is 17.2 Å². The molecule has 0 radical (unpaired) electrons. The van der Waals surface area contributed by atoms with Crippen LogP contribution in [0.25, 0.3) is 33.6 Å². The van der Waals surface area contributed by atoms with E-state index in [1.807, 2.05) is 60.8 Å². The molecule has 50 heavy (non-hydrogen) atoms. The van der Waals surface area contributed by atoms with Gasteiger partial charge in [0.15, 0.2) is 0 Å². The van der Waals surface area contributed by atoms with Crippen LogP contribution in [0.3, 0.4) is 0 Å². The van der Waals surface area contributed by atoms with E-state index in [4.69, 9.17) is 9.97 Å². The molecule has 0 amide bonds. The second kappa shape index (κ2) is 13.2. The summed E-state index contributed by atoms with van der Waals surface area (Å²) in [4.78, 5) is 12.3. The Morgan fingerprint density at radius 3 is 1.70 bits per heavy atom. The van der Waals surface area contributed by atoms with Crippen molar-refractivity contribution in [1.29, 1.82) is 0 Å². The first-order chi connectivity index (χ1) is 23.6. The van der Waals surface area contributed by atoms with E-state index in [9.17, 15) is 5.11 Å². The predicted molar refractivity (Wildman–Crippen MR) is 211 cm³/mol. The maximum Gasteiger partial charge on any atom is 0.138 e. The molecule has 0 bridgehead atoms. The number of para-hydroxylation sites is 1. The highest BCUT2D eigenvalue weighted by atomic mass is 16.3. The molecular formula is C46H49N3O. The highest BCUT2D eigenvalue weighted by molar-refractivity contribution is 5.85. The average Bonchev–Trinajstić information content (AvgIpc) is 3.08. The third-order valence-electron chi connectivity index (χ3n) is 9.30. The van der Waals surface area contributed by atoms with E-state index in [2.05, 4.69) is 134 Å². The Labute approximate surface area is 298 Å². The summed E-state index contributed by atoms with van der Waals surface area (Å²) in [7, 11) is 0. The van der Waals surface area contributed by atoms with Crippen LogP contribution in [0.4, 0.5) is 17.2 Å². The zero-order valence-electron chi connectivity index (χ0n) is 30.9. The predicted octanol–water partition coefficient (Wildman–Crippen LogP) is 12.5. The quantitative estimate of drug-likeness (QED) is 0.193. The molecule has 0 aliphatic carbocycles. The lowest BCUT2D eigenvalue weighted by atomic mass is 9.80. The minimum Gasteiger partial charge on any atom is -0.507 e. The summed E-state index contributed by atoms with van der Waals surface area (Å²) >= 11 is 0. The number of benzene rings is 4. The minimum atomic E-state index is -0.0697. The summed E-state index contributed by atoms with van der Waals surface area (Å²) in [5.41, 5.74) is 10.7. The first-order valence-corrected chi connectivity index (χ1v) is 17.5. The molecule has 2 heterocycles. The number of aromatic hydroxyl groups is 1. The maximum absolute atomic E-state index is 11.6. The Hall–Kier alpha value is -5.22. The normalized spacial score (nSPS) is 12.2. The molecule has 1 N–H and O–H groups in total. The second-order valence-electron chi connectivity index (χ2n) is 16.3. The van der Waals surface area contributed by atoms with Crippen molar-refractivity contribution in [3.05, 3.63) is 144 Å². The molecule has 0 aliphatic rings. The third kappa shape index (κ3) is 7.35. The summed E-state index contributed by atoms with van der Waals surface area (Å²) in [6, 6.07) is 41.7. The molecule has 0 unspecified atom stereocenters. The van der Waals surface area contributed by atoms with Crippen molar-refractivity contribution in [2.45, 2.75) is 78.6 Å². The number of hydrogen-bond acceptors (Lipinski definition) is 4. The van der Waals surface area contributed by atoms with Gasteiger partial charge in [0.25, 0.3) is 0 Å². The van der Waals surface area contributed by atoms with E-state index in [1.165, 1.54) is 16.7 Å². The molecular weight excluding hydrogens is 611 g/mol. The lowest BCUT2D eigenvalue weighted by Crippen LogP contribution is -2.19. The van der Waals surface area contributed by atoms with Crippen LogP contribution in [0.15, 0.2) is 128 Å². The van der Waals surface area contributed by atoms with Gasteiger partial charge in [0.05, 0.1) is 11.4 Å². The molecule has 254 valence electrons. The van der Waals surface area contributed by atoms with Crippen molar-refractivity contribution < 1.29 is 5.11 Å². The van der Waals surface area contributed by atoms with Gasteiger partial charge >= 0.3 is 0 Å². The number of phenols is 1. The number of rotatable bonds is 6. The van der Waals surface area contributed by atoms with Gasteiger partial charge in [0.1, 0.15) is 11.6 Å². The summed E-state index contributed by atoms with van der Waals surface area (Å²) < 4.78 is 0. The van der Waals surface area contributed by atoms with Gasteiger partial charge < -0.3 is 5.11 Å². The van der Waals surface area contributed by atoms with Crippen LogP contribution in [0.1, 0.15) is 79.0 Å². The van der Waals surface area contributed by atoms with E-state index >= 15 is 0 Å². The molecule has 0 spiro atoms. The Bertz CT molecular complexity index is 2100. The van der Waals surface area contributed by atoms with Gasteiger partial charge in [-0.15, -0.1) is 0 Å². The summed E-state index contributed by atoms with van der Waals surface area (Å²) in [6.45, 7) is 20.2. The summed E-state index contributed by atoms with van der Waals surface area (Å²) in [5.74, 6) is 1.05. The number of pyridine rings is 2. The van der Waals surface area contributed by atoms with Gasteiger partial charge in [-0.1, -0.05) is 135 Å². The molecule has 0 saturated carbocycles. The van der Waals surface area contributed by atoms with Gasteiger partial charge in [-0.2, -0.15) is 0 Å². The molecule has 4 aromatic carbocycles. The first-order valence-electron chi connectivity index (χ1n) is 17.5. The molecule has 0 atom stereocenters. The largest absolute Gasteiger partial charge is 0.507 e. The van der Waals surface area contributed by atoms with Crippen molar-refractivity contribution in [1.82, 2.24) is 9.97 Å². The van der Waals surface area contributed by atoms with E-state index < -0.39 is 0 Å². The van der Waals surface area contributed by atoms with E-state index in [0.29, 0.717) is 0 Å². The molecule has 0 saturated heterocycles. The highest BCUT2D eigenvalue weighted by Crippen LogP contribution is 2.43. The minimum absolute atomic E-state index is 0.0120. The zero-order valence-corrected chi connectivity index (χ0v) is 30.9. The monoisotopic (exact) mass is 659 g/mol. The third-order valence-corrected chi connectivity index (χ3v) is 9.30. The lowest BCUT2D eigenvalue weighted by molar-refractivity contribution is 0.479. The first kappa shape index (κ1) is 34.6. The fraction of sp³-hybridized carbons (Fsp3) is 0.261. The van der Waals surface area contributed by atoms with Crippen molar-refractivity contribution in [3.63, 3.8) is 0 Å². The second-order valence-corrected chi connectivity index (χ2v) is 16.3.